The van der Waals surface area contributed by atoms with Gasteiger partial charge in [0, 0.05) is 37.2 Å². The lowest BCUT2D eigenvalue weighted by atomic mass is 10.3. The second-order valence-electron chi connectivity index (χ2n) is 4.74. The van der Waals surface area contributed by atoms with Gasteiger partial charge in [-0.25, -0.2) is 0 Å². The van der Waals surface area contributed by atoms with Crippen molar-refractivity contribution in [3.8, 4) is 0 Å². The quantitative estimate of drug-likeness (QED) is 0.609. The number of pyridine rings is 1. The SMILES string of the molecule is O=C(NCCNC(=O)c1ccn[nH]1)c1cc2ccccn2c1. The first-order valence-corrected chi connectivity index (χ1v) is 6.86. The maximum absolute atomic E-state index is 12.0. The summed E-state index contributed by atoms with van der Waals surface area (Å²) in [5, 5.41) is 11.7. The molecule has 3 aromatic rings. The maximum atomic E-state index is 12.0. The molecular formula is C15H15N5O2. The monoisotopic (exact) mass is 297 g/mol. The van der Waals surface area contributed by atoms with Gasteiger partial charge in [0.15, 0.2) is 0 Å². The summed E-state index contributed by atoms with van der Waals surface area (Å²) in [6, 6.07) is 9.16. The minimum Gasteiger partial charge on any atom is -0.350 e. The Morgan fingerprint density at radius 2 is 1.95 bits per heavy atom. The van der Waals surface area contributed by atoms with Gasteiger partial charge in [-0.2, -0.15) is 5.10 Å². The van der Waals surface area contributed by atoms with Crippen molar-refractivity contribution in [1.82, 2.24) is 25.2 Å². The van der Waals surface area contributed by atoms with Crippen LogP contribution in [-0.4, -0.2) is 39.5 Å². The number of nitrogens with zero attached hydrogens (tertiary/aromatic N) is 2. The van der Waals surface area contributed by atoms with E-state index in [2.05, 4.69) is 20.8 Å². The molecule has 3 rings (SSSR count). The fraction of sp³-hybridized carbons (Fsp3) is 0.133. The molecule has 112 valence electrons. The van der Waals surface area contributed by atoms with E-state index in [1.165, 1.54) is 6.20 Å². The molecule has 0 aliphatic carbocycles. The van der Waals surface area contributed by atoms with Crippen LogP contribution in [0.1, 0.15) is 20.8 Å². The van der Waals surface area contributed by atoms with Crippen LogP contribution in [0.25, 0.3) is 5.52 Å². The number of aromatic amines is 1. The van der Waals surface area contributed by atoms with Crippen LogP contribution in [-0.2, 0) is 0 Å². The van der Waals surface area contributed by atoms with Crippen LogP contribution in [0.15, 0.2) is 48.9 Å². The standard InChI is InChI=1S/C15H15N5O2/c21-14(11-9-12-3-1-2-8-20(12)10-11)16-6-7-17-15(22)13-4-5-18-19-13/h1-5,8-10H,6-7H2,(H,16,21)(H,17,22)(H,18,19). The van der Waals surface area contributed by atoms with E-state index in [1.54, 1.807) is 12.3 Å². The van der Waals surface area contributed by atoms with E-state index in [1.807, 2.05) is 34.9 Å². The smallest absolute Gasteiger partial charge is 0.269 e. The average Bonchev–Trinajstić information content (AvgIpc) is 3.19. The molecule has 0 aliphatic rings. The van der Waals surface area contributed by atoms with Crippen molar-refractivity contribution in [1.29, 1.82) is 0 Å². The van der Waals surface area contributed by atoms with Gasteiger partial charge in [0.05, 0.1) is 5.56 Å². The van der Waals surface area contributed by atoms with E-state index in [9.17, 15) is 9.59 Å². The van der Waals surface area contributed by atoms with Gasteiger partial charge in [-0.1, -0.05) is 6.07 Å². The molecule has 3 heterocycles. The molecule has 7 nitrogen and oxygen atoms in total. The average molecular weight is 297 g/mol. The molecule has 0 spiro atoms. The topological polar surface area (TPSA) is 91.3 Å². The summed E-state index contributed by atoms with van der Waals surface area (Å²) in [7, 11) is 0. The Kier molecular flexibility index (Phi) is 3.86. The van der Waals surface area contributed by atoms with Crippen LogP contribution in [0.3, 0.4) is 0 Å². The Balaban J connectivity index is 1.49. The lowest BCUT2D eigenvalue weighted by Crippen LogP contribution is -2.34. The van der Waals surface area contributed by atoms with Crippen LogP contribution in [0, 0.1) is 0 Å². The summed E-state index contributed by atoms with van der Waals surface area (Å²) >= 11 is 0. The van der Waals surface area contributed by atoms with Gasteiger partial charge in [0.2, 0.25) is 0 Å². The zero-order chi connectivity index (χ0) is 15.4. The molecular weight excluding hydrogens is 282 g/mol. The molecule has 0 saturated carbocycles. The van der Waals surface area contributed by atoms with Gasteiger partial charge in [-0.3, -0.25) is 14.7 Å². The molecule has 0 saturated heterocycles. The van der Waals surface area contributed by atoms with Gasteiger partial charge in [-0.05, 0) is 24.3 Å². The van der Waals surface area contributed by atoms with E-state index < -0.39 is 0 Å². The lowest BCUT2D eigenvalue weighted by Gasteiger charge is -2.05. The highest BCUT2D eigenvalue weighted by molar-refractivity contribution is 5.95. The predicted octanol–water partition coefficient (Wildman–Crippen LogP) is 0.822. The number of rotatable bonds is 5. The van der Waals surface area contributed by atoms with Crippen LogP contribution >= 0.6 is 0 Å². The van der Waals surface area contributed by atoms with Gasteiger partial charge < -0.3 is 15.0 Å². The third-order valence-electron chi connectivity index (χ3n) is 3.21. The van der Waals surface area contributed by atoms with Crippen molar-refractivity contribution in [2.45, 2.75) is 0 Å². The Bertz CT molecular complexity index is 758. The Morgan fingerprint density at radius 1 is 1.14 bits per heavy atom. The Morgan fingerprint density at radius 3 is 2.68 bits per heavy atom. The largest absolute Gasteiger partial charge is 0.350 e. The first-order chi connectivity index (χ1) is 10.7. The van der Waals surface area contributed by atoms with E-state index in [-0.39, 0.29) is 11.8 Å². The Labute approximate surface area is 126 Å². The molecule has 22 heavy (non-hydrogen) atoms. The summed E-state index contributed by atoms with van der Waals surface area (Å²) in [5.41, 5.74) is 1.94. The summed E-state index contributed by atoms with van der Waals surface area (Å²) in [6.07, 6.45) is 5.17. The van der Waals surface area contributed by atoms with Crippen LogP contribution in [0.2, 0.25) is 0 Å². The third-order valence-corrected chi connectivity index (χ3v) is 3.21. The van der Waals surface area contributed by atoms with E-state index in [0.717, 1.165) is 5.52 Å². The number of aromatic nitrogens is 3. The predicted molar refractivity (Wildman–Crippen MR) is 80.7 cm³/mol. The van der Waals surface area contributed by atoms with Crippen LogP contribution < -0.4 is 10.6 Å². The highest BCUT2D eigenvalue weighted by Crippen LogP contribution is 2.09. The highest BCUT2D eigenvalue weighted by atomic mass is 16.2. The zero-order valence-corrected chi connectivity index (χ0v) is 11.7. The highest BCUT2D eigenvalue weighted by Gasteiger charge is 2.09. The van der Waals surface area contributed by atoms with Crippen molar-refractivity contribution < 1.29 is 9.59 Å². The Hall–Kier alpha value is -3.09. The van der Waals surface area contributed by atoms with E-state index in [4.69, 9.17) is 0 Å². The number of fused-ring (bicyclic) bond motifs is 1. The summed E-state index contributed by atoms with van der Waals surface area (Å²) in [4.78, 5) is 23.7. The molecule has 2 amide bonds. The first kappa shape index (κ1) is 13.9. The molecule has 0 unspecified atom stereocenters. The minimum atomic E-state index is -0.249. The van der Waals surface area contributed by atoms with Gasteiger partial charge in [0.1, 0.15) is 5.69 Å². The van der Waals surface area contributed by atoms with Crippen molar-refractivity contribution in [3.05, 3.63) is 60.2 Å². The second kappa shape index (κ2) is 6.13. The normalized spacial score (nSPS) is 10.5. The van der Waals surface area contributed by atoms with Gasteiger partial charge in [0.25, 0.3) is 11.8 Å². The number of carbonyl (C=O) groups is 2. The molecule has 0 radical (unpaired) electrons. The summed E-state index contributed by atoms with van der Waals surface area (Å²) in [5.74, 6) is -0.416. The number of H-pyrrole nitrogens is 1. The molecule has 0 atom stereocenters. The van der Waals surface area contributed by atoms with Crippen LogP contribution in [0.5, 0.6) is 0 Å². The first-order valence-electron chi connectivity index (χ1n) is 6.86. The second-order valence-corrected chi connectivity index (χ2v) is 4.74. The maximum Gasteiger partial charge on any atom is 0.269 e. The number of hydrogen-bond donors (Lipinski definition) is 3. The van der Waals surface area contributed by atoms with Gasteiger partial charge in [-0.15, -0.1) is 0 Å². The molecule has 3 aromatic heterocycles. The molecule has 0 aliphatic heterocycles. The number of carbonyl (C=O) groups excluding carboxylic acids is 2. The molecule has 0 bridgehead atoms. The summed E-state index contributed by atoms with van der Waals surface area (Å²) in [6.45, 7) is 0.696. The van der Waals surface area contributed by atoms with E-state index in [0.29, 0.717) is 24.3 Å². The zero-order valence-electron chi connectivity index (χ0n) is 11.7. The number of amides is 2. The van der Waals surface area contributed by atoms with Crippen molar-refractivity contribution >= 4 is 17.3 Å². The van der Waals surface area contributed by atoms with Crippen molar-refractivity contribution in [2.75, 3.05) is 13.1 Å². The van der Waals surface area contributed by atoms with Crippen molar-refractivity contribution in [3.63, 3.8) is 0 Å². The molecule has 7 heteroatoms. The third kappa shape index (κ3) is 2.98. The number of hydrogen-bond acceptors (Lipinski definition) is 3. The number of nitrogens with one attached hydrogen (secondary N) is 3. The van der Waals surface area contributed by atoms with Crippen LogP contribution in [0.4, 0.5) is 0 Å². The fourth-order valence-electron chi connectivity index (χ4n) is 2.11. The van der Waals surface area contributed by atoms with Crippen molar-refractivity contribution in [2.24, 2.45) is 0 Å². The molecule has 0 aromatic carbocycles. The molecule has 0 fully saturated rings. The van der Waals surface area contributed by atoms with E-state index >= 15 is 0 Å². The summed E-state index contributed by atoms with van der Waals surface area (Å²) < 4.78 is 1.88. The minimum absolute atomic E-state index is 0.167. The molecule has 3 N–H and O–H groups in total. The van der Waals surface area contributed by atoms with Gasteiger partial charge >= 0.3 is 0 Å². The lowest BCUT2D eigenvalue weighted by molar-refractivity contribution is 0.0925. The fourth-order valence-corrected chi connectivity index (χ4v) is 2.11.